The maximum Gasteiger partial charge on any atom is 0.0842 e. The molecule has 1 aromatic rings. The Morgan fingerprint density at radius 1 is 1.44 bits per heavy atom. The molecule has 1 atom stereocenters. The molecule has 0 amide bonds. The van der Waals surface area contributed by atoms with Crippen LogP contribution >= 0.6 is 0 Å². The molecule has 2 rings (SSSR count). The first-order valence-corrected chi connectivity index (χ1v) is 7.22. The molecule has 0 radical (unpaired) electrons. The maximum absolute atomic E-state index is 4.24. The Balaban J connectivity index is 2.04. The van der Waals surface area contributed by atoms with Gasteiger partial charge in [-0.2, -0.15) is 0 Å². The van der Waals surface area contributed by atoms with Crippen LogP contribution in [0.1, 0.15) is 51.6 Å². The van der Waals surface area contributed by atoms with Gasteiger partial charge in [0.15, 0.2) is 0 Å². The summed E-state index contributed by atoms with van der Waals surface area (Å²) in [5.74, 6) is 0. The Labute approximate surface area is 110 Å². The molecule has 1 fully saturated rings. The number of aryl methyl sites for hydroxylation is 1. The van der Waals surface area contributed by atoms with E-state index in [4.69, 9.17) is 0 Å². The van der Waals surface area contributed by atoms with Crippen molar-refractivity contribution in [1.29, 1.82) is 0 Å². The fourth-order valence-electron chi connectivity index (χ4n) is 3.11. The fraction of sp³-hybridized carbons (Fsp3) is 0.857. The molecule has 1 saturated carbocycles. The number of rotatable bonds is 6. The molecule has 1 unspecified atom stereocenters. The molecule has 0 saturated heterocycles. The first kappa shape index (κ1) is 13.5. The van der Waals surface area contributed by atoms with Crippen molar-refractivity contribution in [3.05, 3.63) is 11.9 Å². The van der Waals surface area contributed by atoms with Gasteiger partial charge >= 0.3 is 0 Å². The summed E-state index contributed by atoms with van der Waals surface area (Å²) in [6.45, 7) is 5.76. The van der Waals surface area contributed by atoms with Gasteiger partial charge in [-0.15, -0.1) is 5.10 Å². The van der Waals surface area contributed by atoms with Crippen molar-refractivity contribution in [2.24, 2.45) is 12.5 Å². The highest BCUT2D eigenvalue weighted by molar-refractivity contribution is 5.01. The minimum atomic E-state index is 0.437. The number of aromatic nitrogens is 3. The van der Waals surface area contributed by atoms with Crippen molar-refractivity contribution in [3.63, 3.8) is 0 Å². The van der Waals surface area contributed by atoms with Gasteiger partial charge in [-0.05, 0) is 31.2 Å². The average molecular weight is 250 g/mol. The Morgan fingerprint density at radius 3 is 2.72 bits per heavy atom. The van der Waals surface area contributed by atoms with Crippen LogP contribution in [0.2, 0.25) is 0 Å². The lowest BCUT2D eigenvalue weighted by Crippen LogP contribution is -2.44. The summed E-state index contributed by atoms with van der Waals surface area (Å²) in [4.78, 5) is 0. The topological polar surface area (TPSA) is 42.7 Å². The molecule has 1 aromatic heterocycles. The largest absolute Gasteiger partial charge is 0.313 e. The first-order valence-electron chi connectivity index (χ1n) is 7.22. The standard InChI is InChI=1S/C14H26N4/c1-4-9-15-13(14(2)7-5-6-8-14)10-12-11-18(3)17-16-12/h11,13,15H,4-10H2,1-3H3. The van der Waals surface area contributed by atoms with Gasteiger partial charge in [0.1, 0.15) is 0 Å². The van der Waals surface area contributed by atoms with Crippen LogP contribution < -0.4 is 5.32 Å². The van der Waals surface area contributed by atoms with Crippen molar-refractivity contribution < 1.29 is 0 Å². The molecule has 0 aliphatic heterocycles. The van der Waals surface area contributed by atoms with Crippen LogP contribution in [0.5, 0.6) is 0 Å². The summed E-state index contributed by atoms with van der Waals surface area (Å²) in [6.07, 6.45) is 9.67. The lowest BCUT2D eigenvalue weighted by atomic mass is 9.78. The van der Waals surface area contributed by atoms with E-state index in [0.717, 1.165) is 18.7 Å². The van der Waals surface area contributed by atoms with Crippen LogP contribution in [0.4, 0.5) is 0 Å². The predicted molar refractivity (Wildman–Crippen MR) is 73.4 cm³/mol. The van der Waals surface area contributed by atoms with E-state index in [9.17, 15) is 0 Å². The number of nitrogens with one attached hydrogen (secondary N) is 1. The number of hydrogen-bond acceptors (Lipinski definition) is 3. The van der Waals surface area contributed by atoms with Crippen molar-refractivity contribution in [2.45, 2.75) is 58.4 Å². The summed E-state index contributed by atoms with van der Waals surface area (Å²) in [5, 5.41) is 12.0. The zero-order chi connectivity index (χ0) is 13.0. The second kappa shape index (κ2) is 5.83. The predicted octanol–water partition coefficient (Wildman–Crippen LogP) is 2.31. The van der Waals surface area contributed by atoms with E-state index in [-0.39, 0.29) is 0 Å². The monoisotopic (exact) mass is 250 g/mol. The minimum Gasteiger partial charge on any atom is -0.313 e. The molecule has 0 bridgehead atoms. The van der Waals surface area contributed by atoms with E-state index < -0.39 is 0 Å². The summed E-state index contributed by atoms with van der Waals surface area (Å²) in [5.41, 5.74) is 1.55. The van der Waals surface area contributed by atoms with Gasteiger partial charge in [0.2, 0.25) is 0 Å². The van der Waals surface area contributed by atoms with E-state index in [1.807, 2.05) is 13.2 Å². The fourth-order valence-corrected chi connectivity index (χ4v) is 3.11. The molecule has 0 aromatic carbocycles. The van der Waals surface area contributed by atoms with Crippen LogP contribution in [0.15, 0.2) is 6.20 Å². The maximum atomic E-state index is 4.24. The summed E-state index contributed by atoms with van der Waals surface area (Å²) < 4.78 is 1.79. The van der Waals surface area contributed by atoms with Crippen molar-refractivity contribution in [3.8, 4) is 0 Å². The molecule has 1 heterocycles. The Bertz CT molecular complexity index is 366. The third kappa shape index (κ3) is 3.10. The van der Waals surface area contributed by atoms with Crippen molar-refractivity contribution >= 4 is 0 Å². The highest BCUT2D eigenvalue weighted by Gasteiger charge is 2.36. The molecule has 1 aliphatic carbocycles. The normalized spacial score (nSPS) is 20.2. The van der Waals surface area contributed by atoms with Crippen LogP contribution in [-0.4, -0.2) is 27.6 Å². The minimum absolute atomic E-state index is 0.437. The molecule has 1 N–H and O–H groups in total. The Morgan fingerprint density at radius 2 is 2.17 bits per heavy atom. The van der Waals surface area contributed by atoms with Gasteiger partial charge in [-0.3, -0.25) is 4.68 Å². The van der Waals surface area contributed by atoms with E-state index in [2.05, 4.69) is 29.5 Å². The number of hydrogen-bond donors (Lipinski definition) is 1. The molecule has 102 valence electrons. The number of nitrogens with zero attached hydrogens (tertiary/aromatic N) is 3. The van der Waals surface area contributed by atoms with Gasteiger partial charge in [0, 0.05) is 25.7 Å². The van der Waals surface area contributed by atoms with Crippen LogP contribution in [0.25, 0.3) is 0 Å². The SMILES string of the molecule is CCCNC(Cc1cn(C)nn1)C1(C)CCCC1. The highest BCUT2D eigenvalue weighted by atomic mass is 15.4. The first-order chi connectivity index (χ1) is 8.64. The van der Waals surface area contributed by atoms with Crippen LogP contribution in [0.3, 0.4) is 0 Å². The van der Waals surface area contributed by atoms with Crippen molar-refractivity contribution in [1.82, 2.24) is 20.3 Å². The molecule has 18 heavy (non-hydrogen) atoms. The van der Waals surface area contributed by atoms with Gasteiger partial charge in [0.25, 0.3) is 0 Å². The van der Waals surface area contributed by atoms with E-state index >= 15 is 0 Å². The smallest absolute Gasteiger partial charge is 0.0842 e. The summed E-state index contributed by atoms with van der Waals surface area (Å²) >= 11 is 0. The summed E-state index contributed by atoms with van der Waals surface area (Å²) in [6, 6.07) is 0.539. The quantitative estimate of drug-likeness (QED) is 0.842. The van der Waals surface area contributed by atoms with Crippen molar-refractivity contribution in [2.75, 3.05) is 6.54 Å². The van der Waals surface area contributed by atoms with E-state index in [1.54, 1.807) is 4.68 Å². The Hall–Kier alpha value is -0.900. The lowest BCUT2D eigenvalue weighted by molar-refractivity contribution is 0.218. The van der Waals surface area contributed by atoms with E-state index in [1.165, 1.54) is 32.1 Å². The molecular weight excluding hydrogens is 224 g/mol. The third-order valence-corrected chi connectivity index (χ3v) is 4.29. The molecule has 4 heteroatoms. The van der Waals surface area contributed by atoms with E-state index in [0.29, 0.717) is 11.5 Å². The highest BCUT2D eigenvalue weighted by Crippen LogP contribution is 2.41. The van der Waals surface area contributed by atoms with Gasteiger partial charge in [0.05, 0.1) is 5.69 Å². The van der Waals surface area contributed by atoms with Crippen LogP contribution in [0, 0.1) is 5.41 Å². The van der Waals surface area contributed by atoms with Gasteiger partial charge in [-0.1, -0.05) is 31.9 Å². The zero-order valence-electron chi connectivity index (χ0n) is 11.9. The summed E-state index contributed by atoms with van der Waals surface area (Å²) in [7, 11) is 1.93. The molecule has 0 spiro atoms. The van der Waals surface area contributed by atoms with Gasteiger partial charge < -0.3 is 5.32 Å². The second-order valence-corrected chi connectivity index (χ2v) is 5.96. The molecule has 4 nitrogen and oxygen atoms in total. The second-order valence-electron chi connectivity index (χ2n) is 5.96. The molecule has 1 aliphatic rings. The lowest BCUT2D eigenvalue weighted by Gasteiger charge is -2.34. The third-order valence-electron chi connectivity index (χ3n) is 4.29. The zero-order valence-corrected chi connectivity index (χ0v) is 11.9. The average Bonchev–Trinajstić information content (AvgIpc) is 2.94. The van der Waals surface area contributed by atoms with Crippen LogP contribution in [-0.2, 0) is 13.5 Å². The molecular formula is C14H26N4. The van der Waals surface area contributed by atoms with Gasteiger partial charge in [-0.25, -0.2) is 0 Å². The Kier molecular flexibility index (Phi) is 4.38.